The molecule has 0 spiro atoms. The van der Waals surface area contributed by atoms with Gasteiger partial charge in [-0.3, -0.25) is 4.79 Å². The lowest BCUT2D eigenvalue weighted by molar-refractivity contribution is -0.120. The number of amides is 1. The van der Waals surface area contributed by atoms with Crippen LogP contribution < -0.4 is 10.6 Å². The third kappa shape index (κ3) is 4.47. The topological polar surface area (TPSA) is 41.1 Å². The first-order valence-corrected chi connectivity index (χ1v) is 7.13. The average molecular weight is 282 g/mol. The van der Waals surface area contributed by atoms with Crippen LogP contribution in [0.1, 0.15) is 38.5 Å². The highest BCUT2D eigenvalue weighted by atomic mass is 19.2. The summed E-state index contributed by atoms with van der Waals surface area (Å²) in [5, 5.41) is 5.78. The van der Waals surface area contributed by atoms with Crippen molar-refractivity contribution in [3.05, 3.63) is 29.8 Å². The Bertz CT molecular complexity index is 457. The Kier molecular flexibility index (Phi) is 5.32. The molecule has 1 amide bonds. The molecule has 0 heterocycles. The highest BCUT2D eigenvalue weighted by Gasteiger charge is 2.14. The van der Waals surface area contributed by atoms with Gasteiger partial charge in [0.25, 0.3) is 0 Å². The van der Waals surface area contributed by atoms with Crippen LogP contribution in [0.4, 0.5) is 14.5 Å². The number of hydrogen-bond donors (Lipinski definition) is 2. The molecular weight excluding hydrogens is 262 g/mol. The van der Waals surface area contributed by atoms with E-state index in [0.717, 1.165) is 37.8 Å². The SMILES string of the molecule is O=C(CNc1ccc(F)c(F)c1)NC1CCCCCC1. The first-order chi connectivity index (χ1) is 9.65. The molecule has 5 heteroatoms. The Morgan fingerprint density at radius 2 is 1.80 bits per heavy atom. The minimum Gasteiger partial charge on any atom is -0.376 e. The van der Waals surface area contributed by atoms with Crippen LogP contribution in [0, 0.1) is 11.6 Å². The summed E-state index contributed by atoms with van der Waals surface area (Å²) < 4.78 is 25.8. The van der Waals surface area contributed by atoms with Crippen LogP contribution in [0.2, 0.25) is 0 Å². The van der Waals surface area contributed by atoms with E-state index in [4.69, 9.17) is 0 Å². The maximum atomic E-state index is 13.0. The van der Waals surface area contributed by atoms with Crippen molar-refractivity contribution in [2.45, 2.75) is 44.6 Å². The standard InChI is InChI=1S/C15H20F2N2O/c16-13-8-7-12(9-14(13)17)18-10-15(20)19-11-5-3-1-2-4-6-11/h7-9,11,18H,1-6,10H2,(H,19,20). The van der Waals surface area contributed by atoms with Crippen molar-refractivity contribution in [3.63, 3.8) is 0 Å². The highest BCUT2D eigenvalue weighted by molar-refractivity contribution is 5.80. The summed E-state index contributed by atoms with van der Waals surface area (Å²) in [5.41, 5.74) is 0.403. The van der Waals surface area contributed by atoms with E-state index in [9.17, 15) is 13.6 Å². The Morgan fingerprint density at radius 3 is 2.45 bits per heavy atom. The van der Waals surface area contributed by atoms with Gasteiger partial charge in [0.05, 0.1) is 6.54 Å². The predicted molar refractivity (Wildman–Crippen MR) is 74.5 cm³/mol. The number of nitrogens with one attached hydrogen (secondary N) is 2. The molecule has 0 bridgehead atoms. The van der Waals surface area contributed by atoms with Crippen LogP contribution in [0.5, 0.6) is 0 Å². The summed E-state index contributed by atoms with van der Waals surface area (Å²) >= 11 is 0. The first-order valence-electron chi connectivity index (χ1n) is 7.13. The van der Waals surface area contributed by atoms with Crippen molar-refractivity contribution in [1.29, 1.82) is 0 Å². The van der Waals surface area contributed by atoms with Crippen molar-refractivity contribution in [1.82, 2.24) is 5.32 Å². The molecule has 1 aromatic rings. The second kappa shape index (κ2) is 7.22. The fourth-order valence-corrected chi connectivity index (χ4v) is 2.49. The van der Waals surface area contributed by atoms with Crippen LogP contribution in [0.3, 0.4) is 0 Å². The van der Waals surface area contributed by atoms with Gasteiger partial charge in [-0.1, -0.05) is 25.7 Å². The second-order valence-electron chi connectivity index (χ2n) is 5.24. The van der Waals surface area contributed by atoms with Crippen molar-refractivity contribution in [2.75, 3.05) is 11.9 Å². The van der Waals surface area contributed by atoms with Gasteiger partial charge in [0, 0.05) is 17.8 Å². The smallest absolute Gasteiger partial charge is 0.239 e. The third-order valence-electron chi connectivity index (χ3n) is 3.59. The lowest BCUT2D eigenvalue weighted by Crippen LogP contribution is -2.38. The van der Waals surface area contributed by atoms with Gasteiger partial charge in [-0.2, -0.15) is 0 Å². The lowest BCUT2D eigenvalue weighted by atomic mass is 10.1. The summed E-state index contributed by atoms with van der Waals surface area (Å²) in [6.07, 6.45) is 6.83. The van der Waals surface area contributed by atoms with Gasteiger partial charge in [-0.05, 0) is 25.0 Å². The Labute approximate surface area is 117 Å². The molecule has 1 aliphatic carbocycles. The maximum Gasteiger partial charge on any atom is 0.239 e. The maximum absolute atomic E-state index is 13.0. The quantitative estimate of drug-likeness (QED) is 0.833. The molecule has 0 radical (unpaired) electrons. The van der Waals surface area contributed by atoms with Crippen molar-refractivity contribution < 1.29 is 13.6 Å². The van der Waals surface area contributed by atoms with Gasteiger partial charge in [0.15, 0.2) is 11.6 Å². The minimum absolute atomic E-state index is 0.0710. The molecule has 1 saturated carbocycles. The van der Waals surface area contributed by atoms with Gasteiger partial charge < -0.3 is 10.6 Å². The zero-order chi connectivity index (χ0) is 14.4. The van der Waals surface area contributed by atoms with E-state index in [1.54, 1.807) is 0 Å². The second-order valence-corrected chi connectivity index (χ2v) is 5.24. The fourth-order valence-electron chi connectivity index (χ4n) is 2.49. The van der Waals surface area contributed by atoms with Gasteiger partial charge >= 0.3 is 0 Å². The molecule has 2 N–H and O–H groups in total. The first kappa shape index (κ1) is 14.8. The van der Waals surface area contributed by atoms with Gasteiger partial charge in [0.1, 0.15) is 0 Å². The number of anilines is 1. The molecule has 2 rings (SSSR count). The molecule has 0 aromatic heterocycles. The summed E-state index contributed by atoms with van der Waals surface area (Å²) in [7, 11) is 0. The Morgan fingerprint density at radius 1 is 1.10 bits per heavy atom. The van der Waals surface area contributed by atoms with Gasteiger partial charge in [0.2, 0.25) is 5.91 Å². The number of rotatable bonds is 4. The Hall–Kier alpha value is -1.65. The van der Waals surface area contributed by atoms with Crippen LogP contribution in [-0.2, 0) is 4.79 Å². The van der Waals surface area contributed by atoms with E-state index >= 15 is 0 Å². The van der Waals surface area contributed by atoms with Crippen molar-refractivity contribution in [2.24, 2.45) is 0 Å². The highest BCUT2D eigenvalue weighted by Crippen LogP contribution is 2.17. The molecule has 0 atom stereocenters. The number of carbonyl (C=O) groups excluding carboxylic acids is 1. The van der Waals surface area contributed by atoms with Gasteiger partial charge in [-0.25, -0.2) is 8.78 Å². The van der Waals surface area contributed by atoms with Crippen molar-refractivity contribution in [3.8, 4) is 0 Å². The number of hydrogen-bond acceptors (Lipinski definition) is 2. The van der Waals surface area contributed by atoms with E-state index in [1.807, 2.05) is 0 Å². The van der Waals surface area contributed by atoms with Crippen LogP contribution in [-0.4, -0.2) is 18.5 Å². The monoisotopic (exact) mass is 282 g/mol. The molecular formula is C15H20F2N2O. The van der Waals surface area contributed by atoms with E-state index in [0.29, 0.717) is 5.69 Å². The molecule has 1 aromatic carbocycles. The average Bonchev–Trinajstić information content (AvgIpc) is 2.69. The van der Waals surface area contributed by atoms with E-state index in [1.165, 1.54) is 18.9 Å². The van der Waals surface area contributed by atoms with Crippen molar-refractivity contribution >= 4 is 11.6 Å². The number of halogens is 2. The van der Waals surface area contributed by atoms with E-state index in [-0.39, 0.29) is 18.5 Å². The minimum atomic E-state index is -0.917. The molecule has 1 fully saturated rings. The van der Waals surface area contributed by atoms with E-state index < -0.39 is 11.6 Å². The lowest BCUT2D eigenvalue weighted by Gasteiger charge is -2.16. The summed E-state index contributed by atoms with van der Waals surface area (Å²) in [6.45, 7) is 0.0710. The molecule has 3 nitrogen and oxygen atoms in total. The summed E-state index contributed by atoms with van der Waals surface area (Å²) in [6, 6.07) is 3.75. The molecule has 110 valence electrons. The summed E-state index contributed by atoms with van der Waals surface area (Å²) in [4.78, 5) is 11.8. The largest absolute Gasteiger partial charge is 0.376 e. The molecule has 0 aliphatic heterocycles. The number of benzene rings is 1. The molecule has 0 saturated heterocycles. The zero-order valence-electron chi connectivity index (χ0n) is 11.4. The third-order valence-corrected chi connectivity index (χ3v) is 3.59. The van der Waals surface area contributed by atoms with Crippen LogP contribution >= 0.6 is 0 Å². The van der Waals surface area contributed by atoms with Crippen LogP contribution in [0.15, 0.2) is 18.2 Å². The predicted octanol–water partition coefficient (Wildman–Crippen LogP) is 3.22. The van der Waals surface area contributed by atoms with E-state index in [2.05, 4.69) is 10.6 Å². The molecule has 1 aliphatic rings. The normalized spacial score (nSPS) is 16.5. The van der Waals surface area contributed by atoms with Crippen LogP contribution in [0.25, 0.3) is 0 Å². The summed E-state index contributed by atoms with van der Waals surface area (Å²) in [5.74, 6) is -1.92. The molecule has 20 heavy (non-hydrogen) atoms. The van der Waals surface area contributed by atoms with Gasteiger partial charge in [-0.15, -0.1) is 0 Å². The number of carbonyl (C=O) groups is 1. The zero-order valence-corrected chi connectivity index (χ0v) is 11.4. The Balaban J connectivity index is 1.77. The molecule has 0 unspecified atom stereocenters. The fraction of sp³-hybridized carbons (Fsp3) is 0.533.